The first-order chi connectivity index (χ1) is 7.79. The molecule has 2 nitrogen and oxygen atoms in total. The van der Waals surface area contributed by atoms with Crippen LogP contribution in [0.3, 0.4) is 0 Å². The molecule has 0 radical (unpaired) electrons. The Hall–Kier alpha value is -1.15. The zero-order valence-corrected chi connectivity index (χ0v) is 11.8. The van der Waals surface area contributed by atoms with E-state index >= 15 is 0 Å². The molecule has 0 saturated heterocycles. The summed E-state index contributed by atoms with van der Waals surface area (Å²) in [7, 11) is 1.74. The lowest BCUT2D eigenvalue weighted by molar-refractivity contribution is -0.00538. The third kappa shape index (κ3) is 5.64. The summed E-state index contributed by atoms with van der Waals surface area (Å²) in [5.74, 6) is 0. The van der Waals surface area contributed by atoms with Crippen LogP contribution in [0.5, 0.6) is 0 Å². The zero-order chi connectivity index (χ0) is 13.5. The molecule has 0 spiro atoms. The number of hydrogen-bond acceptors (Lipinski definition) is 2. The predicted molar refractivity (Wildman–Crippen MR) is 76.5 cm³/mol. The van der Waals surface area contributed by atoms with Gasteiger partial charge in [0.15, 0.2) is 0 Å². The van der Waals surface area contributed by atoms with Crippen molar-refractivity contribution in [3.05, 3.63) is 37.1 Å². The molecule has 2 heteroatoms. The standard InChI is InChI=1S/C15H25NO/c1-8-10-13(11-16-9-2)14(3,4)12-15(5,6)17-7/h8-11H,1-2,12H2,3-7H3/b13-10+,16-11-. The number of hydrogen-bond donors (Lipinski definition) is 0. The Morgan fingerprint density at radius 1 is 1.24 bits per heavy atom. The van der Waals surface area contributed by atoms with Crippen LogP contribution in [-0.2, 0) is 4.74 Å². The molecule has 0 rings (SSSR count). The number of ether oxygens (including phenoxy) is 1. The molecule has 0 unspecified atom stereocenters. The highest BCUT2D eigenvalue weighted by Gasteiger charge is 2.30. The number of aliphatic imine (C=N–C) groups is 1. The molecular weight excluding hydrogens is 210 g/mol. The van der Waals surface area contributed by atoms with E-state index in [1.165, 1.54) is 6.20 Å². The van der Waals surface area contributed by atoms with Gasteiger partial charge in [-0.05, 0) is 31.3 Å². The van der Waals surface area contributed by atoms with E-state index in [1.807, 2.05) is 12.3 Å². The quantitative estimate of drug-likeness (QED) is 0.480. The van der Waals surface area contributed by atoms with Crippen molar-refractivity contribution in [1.29, 1.82) is 0 Å². The normalized spacial score (nSPS) is 14.1. The van der Waals surface area contributed by atoms with Crippen molar-refractivity contribution < 1.29 is 4.74 Å². The molecule has 0 fully saturated rings. The minimum Gasteiger partial charge on any atom is -0.379 e. The van der Waals surface area contributed by atoms with Gasteiger partial charge in [0.2, 0.25) is 0 Å². The van der Waals surface area contributed by atoms with Crippen LogP contribution in [0.4, 0.5) is 0 Å². The van der Waals surface area contributed by atoms with Gasteiger partial charge in [-0.25, -0.2) is 0 Å². The highest BCUT2D eigenvalue weighted by atomic mass is 16.5. The molecule has 0 aliphatic heterocycles. The molecule has 0 amide bonds. The maximum Gasteiger partial charge on any atom is 0.0631 e. The van der Waals surface area contributed by atoms with E-state index in [9.17, 15) is 0 Å². The Kier molecular flexibility index (Phi) is 6.11. The molecule has 0 aromatic rings. The average Bonchev–Trinajstić information content (AvgIpc) is 2.22. The van der Waals surface area contributed by atoms with Crippen molar-refractivity contribution >= 4 is 6.21 Å². The monoisotopic (exact) mass is 235 g/mol. The first-order valence-corrected chi connectivity index (χ1v) is 5.81. The largest absolute Gasteiger partial charge is 0.379 e. The minimum absolute atomic E-state index is 0.0276. The Balaban J connectivity index is 5.09. The molecule has 0 aliphatic carbocycles. The lowest BCUT2D eigenvalue weighted by Gasteiger charge is -2.34. The van der Waals surface area contributed by atoms with E-state index in [0.29, 0.717) is 0 Å². The van der Waals surface area contributed by atoms with Crippen LogP contribution in [0.15, 0.2) is 42.1 Å². The SMILES string of the molecule is C=C/C=C(\C=N/C=C)C(C)(C)CC(C)(C)OC. The second-order valence-corrected chi connectivity index (χ2v) is 5.34. The van der Waals surface area contributed by atoms with E-state index < -0.39 is 0 Å². The Labute approximate surface area is 106 Å². The first kappa shape index (κ1) is 15.9. The van der Waals surface area contributed by atoms with Crippen LogP contribution < -0.4 is 0 Å². The topological polar surface area (TPSA) is 21.6 Å². The van der Waals surface area contributed by atoms with Gasteiger partial charge in [0.1, 0.15) is 0 Å². The van der Waals surface area contributed by atoms with Gasteiger partial charge in [-0.2, -0.15) is 0 Å². The van der Waals surface area contributed by atoms with Crippen molar-refractivity contribution in [3.8, 4) is 0 Å². The van der Waals surface area contributed by atoms with Gasteiger partial charge in [-0.15, -0.1) is 0 Å². The highest BCUT2D eigenvalue weighted by Crippen LogP contribution is 2.35. The predicted octanol–water partition coefficient (Wildman–Crippen LogP) is 4.15. The maximum atomic E-state index is 5.49. The summed E-state index contributed by atoms with van der Waals surface area (Å²) >= 11 is 0. The summed E-state index contributed by atoms with van der Waals surface area (Å²) in [6, 6.07) is 0. The smallest absolute Gasteiger partial charge is 0.0631 e. The van der Waals surface area contributed by atoms with E-state index in [2.05, 4.69) is 45.8 Å². The van der Waals surface area contributed by atoms with Crippen molar-refractivity contribution in [2.75, 3.05) is 7.11 Å². The van der Waals surface area contributed by atoms with Gasteiger partial charge in [-0.3, -0.25) is 4.99 Å². The Morgan fingerprint density at radius 2 is 1.82 bits per heavy atom. The summed E-state index contributed by atoms with van der Waals surface area (Å²) in [5, 5.41) is 0. The number of allylic oxidation sites excluding steroid dienone is 3. The van der Waals surface area contributed by atoms with Crippen LogP contribution in [0.25, 0.3) is 0 Å². The molecule has 0 aromatic carbocycles. The van der Waals surface area contributed by atoms with Gasteiger partial charge in [-0.1, -0.05) is 39.2 Å². The Morgan fingerprint density at radius 3 is 2.24 bits per heavy atom. The lowest BCUT2D eigenvalue weighted by Crippen LogP contribution is -2.32. The maximum absolute atomic E-state index is 5.49. The molecule has 17 heavy (non-hydrogen) atoms. The van der Waals surface area contributed by atoms with Crippen molar-refractivity contribution in [1.82, 2.24) is 0 Å². The second-order valence-electron chi connectivity index (χ2n) is 5.34. The number of rotatable bonds is 7. The molecule has 0 aromatic heterocycles. The lowest BCUT2D eigenvalue weighted by atomic mass is 9.76. The molecular formula is C15H25NO. The second kappa shape index (κ2) is 6.55. The fourth-order valence-corrected chi connectivity index (χ4v) is 1.94. The van der Waals surface area contributed by atoms with Crippen LogP contribution in [-0.4, -0.2) is 18.9 Å². The van der Waals surface area contributed by atoms with Crippen molar-refractivity contribution in [3.63, 3.8) is 0 Å². The molecule has 0 bridgehead atoms. The minimum atomic E-state index is -0.161. The average molecular weight is 235 g/mol. The van der Waals surface area contributed by atoms with Crippen LogP contribution in [0.2, 0.25) is 0 Å². The van der Waals surface area contributed by atoms with Gasteiger partial charge < -0.3 is 4.74 Å². The third-order valence-electron chi connectivity index (χ3n) is 2.82. The van der Waals surface area contributed by atoms with E-state index in [-0.39, 0.29) is 11.0 Å². The molecule has 0 heterocycles. The van der Waals surface area contributed by atoms with Gasteiger partial charge in [0.05, 0.1) is 5.60 Å². The molecule has 0 saturated carbocycles. The van der Waals surface area contributed by atoms with E-state index in [4.69, 9.17) is 4.74 Å². The summed E-state index contributed by atoms with van der Waals surface area (Å²) in [6.07, 6.45) is 8.04. The zero-order valence-electron chi connectivity index (χ0n) is 11.8. The van der Waals surface area contributed by atoms with Crippen molar-refractivity contribution in [2.24, 2.45) is 10.4 Å². The summed E-state index contributed by atoms with van der Waals surface area (Å²) in [6.45, 7) is 15.9. The van der Waals surface area contributed by atoms with Gasteiger partial charge in [0, 0.05) is 19.5 Å². The third-order valence-corrected chi connectivity index (χ3v) is 2.82. The summed E-state index contributed by atoms with van der Waals surface area (Å²) in [5.41, 5.74) is 0.934. The number of methoxy groups -OCH3 is 1. The molecule has 0 aliphatic rings. The molecule has 0 N–H and O–H groups in total. The summed E-state index contributed by atoms with van der Waals surface area (Å²) in [4.78, 5) is 4.09. The highest BCUT2D eigenvalue weighted by molar-refractivity contribution is 5.81. The van der Waals surface area contributed by atoms with Gasteiger partial charge >= 0.3 is 0 Å². The van der Waals surface area contributed by atoms with Crippen LogP contribution >= 0.6 is 0 Å². The van der Waals surface area contributed by atoms with Crippen LogP contribution in [0.1, 0.15) is 34.1 Å². The first-order valence-electron chi connectivity index (χ1n) is 5.81. The fourth-order valence-electron chi connectivity index (χ4n) is 1.94. The van der Waals surface area contributed by atoms with Gasteiger partial charge in [0.25, 0.3) is 0 Å². The molecule has 96 valence electrons. The van der Waals surface area contributed by atoms with Crippen molar-refractivity contribution in [2.45, 2.75) is 39.7 Å². The number of nitrogens with zero attached hydrogens (tertiary/aromatic N) is 1. The van der Waals surface area contributed by atoms with E-state index in [1.54, 1.807) is 13.2 Å². The van der Waals surface area contributed by atoms with Crippen LogP contribution in [0, 0.1) is 5.41 Å². The Bertz CT molecular complexity index is 322. The molecule has 0 atom stereocenters. The van der Waals surface area contributed by atoms with E-state index in [0.717, 1.165) is 12.0 Å². The summed E-state index contributed by atoms with van der Waals surface area (Å²) < 4.78 is 5.49. The fraction of sp³-hybridized carbons (Fsp3) is 0.533.